The number of hydrogen-bond donors (Lipinski definition) is 2. The first-order chi connectivity index (χ1) is 15.5. The molecule has 1 aliphatic heterocycles. The second-order valence-corrected chi connectivity index (χ2v) is 8.26. The standard InChI is InChI=1S/C25H27FN4O2/c1-3-16(2)10-11-27-18-14-30(15-18)25(32)21-12-17(8-9-22(21)26)13-23-19-6-4-5-7-20(19)24(31)29-28-23/h4-10,12,18,27H,3,11,13-15H2,1-2H3,(H,29,31)/b16-10-. The van der Waals surface area contributed by atoms with Crippen LogP contribution in [0.1, 0.15) is 41.9 Å². The van der Waals surface area contributed by atoms with Gasteiger partial charge in [0.05, 0.1) is 16.6 Å². The normalized spacial score (nSPS) is 14.6. The number of halogens is 1. The van der Waals surface area contributed by atoms with E-state index in [2.05, 4.69) is 35.4 Å². The second-order valence-electron chi connectivity index (χ2n) is 8.26. The Kier molecular flexibility index (Phi) is 6.46. The zero-order valence-electron chi connectivity index (χ0n) is 18.3. The first kappa shape index (κ1) is 21.9. The van der Waals surface area contributed by atoms with Crippen LogP contribution >= 0.6 is 0 Å². The number of likely N-dealkylation sites (tertiary alicyclic amines) is 1. The lowest BCUT2D eigenvalue weighted by atomic mass is 10.0. The van der Waals surface area contributed by atoms with Gasteiger partial charge in [-0.15, -0.1) is 0 Å². The number of nitrogens with zero attached hydrogens (tertiary/aromatic N) is 2. The zero-order valence-corrected chi connectivity index (χ0v) is 18.3. The average Bonchev–Trinajstić information content (AvgIpc) is 2.78. The molecule has 7 heteroatoms. The van der Waals surface area contributed by atoms with Crippen LogP contribution in [0.2, 0.25) is 0 Å². The highest BCUT2D eigenvalue weighted by Crippen LogP contribution is 2.21. The van der Waals surface area contributed by atoms with Crippen LogP contribution < -0.4 is 10.9 Å². The van der Waals surface area contributed by atoms with E-state index >= 15 is 0 Å². The number of carbonyl (C=O) groups excluding carboxylic acids is 1. The maximum atomic E-state index is 14.5. The third-order valence-corrected chi connectivity index (χ3v) is 5.99. The second kappa shape index (κ2) is 9.44. The van der Waals surface area contributed by atoms with Crippen molar-refractivity contribution in [1.82, 2.24) is 20.4 Å². The minimum atomic E-state index is -0.532. The molecule has 0 atom stereocenters. The van der Waals surface area contributed by atoms with Gasteiger partial charge < -0.3 is 10.2 Å². The topological polar surface area (TPSA) is 78.1 Å². The molecule has 1 saturated heterocycles. The molecule has 0 bridgehead atoms. The van der Waals surface area contributed by atoms with Gasteiger partial charge in [-0.2, -0.15) is 5.10 Å². The Bertz CT molecular complexity index is 1230. The van der Waals surface area contributed by atoms with Gasteiger partial charge in [0.25, 0.3) is 11.5 Å². The van der Waals surface area contributed by atoms with Crippen molar-refractivity contribution in [3.63, 3.8) is 0 Å². The Balaban J connectivity index is 1.46. The molecule has 1 aromatic heterocycles. The summed E-state index contributed by atoms with van der Waals surface area (Å²) in [6.07, 6.45) is 3.56. The molecular weight excluding hydrogens is 407 g/mol. The largest absolute Gasteiger partial charge is 0.335 e. The number of hydrogen-bond acceptors (Lipinski definition) is 4. The number of aromatic nitrogens is 2. The molecule has 0 spiro atoms. The molecule has 32 heavy (non-hydrogen) atoms. The molecule has 2 N–H and O–H groups in total. The predicted molar refractivity (Wildman–Crippen MR) is 123 cm³/mol. The summed E-state index contributed by atoms with van der Waals surface area (Å²) >= 11 is 0. The van der Waals surface area contributed by atoms with Gasteiger partial charge in [0.15, 0.2) is 0 Å². The Morgan fingerprint density at radius 1 is 1.25 bits per heavy atom. The van der Waals surface area contributed by atoms with E-state index in [4.69, 9.17) is 0 Å². The Labute approximate surface area is 186 Å². The quantitative estimate of drug-likeness (QED) is 0.559. The monoisotopic (exact) mass is 434 g/mol. The summed E-state index contributed by atoms with van der Waals surface area (Å²) in [4.78, 5) is 26.5. The van der Waals surface area contributed by atoms with E-state index in [1.165, 1.54) is 11.6 Å². The molecule has 6 nitrogen and oxygen atoms in total. The highest BCUT2D eigenvalue weighted by Gasteiger charge is 2.31. The van der Waals surface area contributed by atoms with Gasteiger partial charge in [-0.3, -0.25) is 9.59 Å². The van der Waals surface area contributed by atoms with Gasteiger partial charge in [0.2, 0.25) is 0 Å². The Morgan fingerprint density at radius 2 is 2.00 bits per heavy atom. The van der Waals surface area contributed by atoms with Crippen LogP contribution in [-0.2, 0) is 6.42 Å². The predicted octanol–water partition coefficient (Wildman–Crippen LogP) is 3.42. The highest BCUT2D eigenvalue weighted by molar-refractivity contribution is 5.95. The summed E-state index contributed by atoms with van der Waals surface area (Å²) in [7, 11) is 0. The van der Waals surface area contributed by atoms with Gasteiger partial charge >= 0.3 is 0 Å². The number of nitrogens with one attached hydrogen (secondary N) is 2. The summed E-state index contributed by atoms with van der Waals surface area (Å²) in [6.45, 7) is 6.12. The van der Waals surface area contributed by atoms with Gasteiger partial charge in [-0.1, -0.05) is 42.8 Å². The van der Waals surface area contributed by atoms with E-state index in [1.54, 1.807) is 29.2 Å². The van der Waals surface area contributed by atoms with Crippen LogP contribution in [-0.4, -0.2) is 46.7 Å². The van der Waals surface area contributed by atoms with Crippen molar-refractivity contribution in [2.24, 2.45) is 0 Å². The van der Waals surface area contributed by atoms with Crippen LogP contribution in [0.4, 0.5) is 4.39 Å². The Hall–Kier alpha value is -3.32. The lowest BCUT2D eigenvalue weighted by Gasteiger charge is -2.39. The molecule has 1 fully saturated rings. The molecule has 1 aliphatic rings. The summed E-state index contributed by atoms with van der Waals surface area (Å²) < 4.78 is 14.5. The molecular formula is C25H27FN4O2. The summed E-state index contributed by atoms with van der Waals surface area (Å²) in [6, 6.07) is 12.0. The molecule has 0 radical (unpaired) electrons. The molecule has 3 aromatic rings. The summed E-state index contributed by atoms with van der Waals surface area (Å²) in [5.41, 5.74) is 2.58. The number of fused-ring (bicyclic) bond motifs is 1. The highest BCUT2D eigenvalue weighted by atomic mass is 19.1. The van der Waals surface area contributed by atoms with Gasteiger partial charge in [0, 0.05) is 37.5 Å². The number of H-pyrrole nitrogens is 1. The minimum Gasteiger partial charge on any atom is -0.335 e. The lowest BCUT2D eigenvalue weighted by Crippen LogP contribution is -2.59. The van der Waals surface area contributed by atoms with Crippen molar-refractivity contribution < 1.29 is 9.18 Å². The van der Waals surface area contributed by atoms with Crippen LogP contribution in [0, 0.1) is 5.82 Å². The third-order valence-electron chi connectivity index (χ3n) is 5.99. The lowest BCUT2D eigenvalue weighted by molar-refractivity contribution is 0.0567. The fourth-order valence-electron chi connectivity index (χ4n) is 3.83. The van der Waals surface area contributed by atoms with Crippen molar-refractivity contribution in [1.29, 1.82) is 0 Å². The van der Waals surface area contributed by atoms with E-state index in [0.717, 1.165) is 23.9 Å². The first-order valence-corrected chi connectivity index (χ1v) is 10.9. The van der Waals surface area contributed by atoms with Crippen molar-refractivity contribution in [2.45, 2.75) is 32.7 Å². The van der Waals surface area contributed by atoms with Gasteiger partial charge in [-0.05, 0) is 37.1 Å². The van der Waals surface area contributed by atoms with E-state index in [1.807, 2.05) is 12.1 Å². The molecule has 166 valence electrons. The SMILES string of the molecule is CC/C(C)=C\CNC1CN(C(=O)c2cc(Cc3n[nH]c(=O)c4ccccc34)ccc2F)C1. The average molecular weight is 435 g/mol. The summed E-state index contributed by atoms with van der Waals surface area (Å²) in [5.74, 6) is -0.835. The van der Waals surface area contributed by atoms with Crippen LogP contribution in [0.3, 0.4) is 0 Å². The van der Waals surface area contributed by atoms with E-state index < -0.39 is 5.82 Å². The molecule has 2 aromatic carbocycles. The Morgan fingerprint density at radius 3 is 2.75 bits per heavy atom. The smallest absolute Gasteiger partial charge is 0.272 e. The molecule has 2 heterocycles. The number of allylic oxidation sites excluding steroid dienone is 1. The molecule has 4 rings (SSSR count). The van der Waals surface area contributed by atoms with Gasteiger partial charge in [0.1, 0.15) is 5.82 Å². The van der Waals surface area contributed by atoms with Crippen molar-refractivity contribution in [3.05, 3.63) is 87.1 Å². The number of benzene rings is 2. The number of carbonyl (C=O) groups is 1. The van der Waals surface area contributed by atoms with Crippen molar-refractivity contribution in [3.8, 4) is 0 Å². The zero-order chi connectivity index (χ0) is 22.7. The van der Waals surface area contributed by atoms with Crippen molar-refractivity contribution >= 4 is 16.7 Å². The fraction of sp³-hybridized carbons (Fsp3) is 0.320. The van der Waals surface area contributed by atoms with Crippen LogP contribution in [0.25, 0.3) is 10.8 Å². The molecule has 0 saturated carbocycles. The van der Waals surface area contributed by atoms with E-state index in [9.17, 15) is 14.0 Å². The number of rotatable bonds is 7. The van der Waals surface area contributed by atoms with Crippen molar-refractivity contribution in [2.75, 3.05) is 19.6 Å². The minimum absolute atomic E-state index is 0.0661. The van der Waals surface area contributed by atoms with Gasteiger partial charge in [-0.25, -0.2) is 9.49 Å². The van der Waals surface area contributed by atoms with Crippen LogP contribution in [0.15, 0.2) is 58.9 Å². The van der Waals surface area contributed by atoms with E-state index in [0.29, 0.717) is 30.6 Å². The number of aromatic amines is 1. The number of amides is 1. The fourth-order valence-corrected chi connectivity index (χ4v) is 3.83. The maximum absolute atomic E-state index is 14.5. The molecule has 0 unspecified atom stereocenters. The summed E-state index contributed by atoms with van der Waals surface area (Å²) in [5, 5.41) is 11.4. The van der Waals surface area contributed by atoms with Crippen LogP contribution in [0.5, 0.6) is 0 Å². The first-order valence-electron chi connectivity index (χ1n) is 10.9. The maximum Gasteiger partial charge on any atom is 0.272 e. The van der Waals surface area contributed by atoms with E-state index in [-0.39, 0.29) is 23.1 Å². The molecule has 0 aliphatic carbocycles. The third kappa shape index (κ3) is 4.62. The molecule has 1 amide bonds.